The number of aromatic amines is 1. The number of phenolic OH excluding ortho intramolecular Hbond substituents is 1. The summed E-state index contributed by atoms with van der Waals surface area (Å²) in [6, 6.07) is 17.7. The van der Waals surface area contributed by atoms with E-state index in [0.29, 0.717) is 65.5 Å². The van der Waals surface area contributed by atoms with Gasteiger partial charge in [-0.05, 0) is 91.3 Å². The first-order valence-corrected chi connectivity index (χ1v) is 22.5. The van der Waals surface area contributed by atoms with Crippen LogP contribution in [-0.4, -0.2) is 62.4 Å². The number of esters is 1. The second-order valence-corrected chi connectivity index (χ2v) is 21.3. The largest absolute Gasteiger partial charge is 0.506 e. The van der Waals surface area contributed by atoms with Crippen molar-refractivity contribution in [3.05, 3.63) is 98.3 Å². The van der Waals surface area contributed by atoms with Crippen LogP contribution >= 0.6 is 11.6 Å². The summed E-state index contributed by atoms with van der Waals surface area (Å²) in [5.41, 5.74) is 3.09. The van der Waals surface area contributed by atoms with Crippen molar-refractivity contribution in [2.75, 3.05) is 27.2 Å². The van der Waals surface area contributed by atoms with E-state index in [2.05, 4.69) is 44.2 Å². The van der Waals surface area contributed by atoms with Crippen molar-refractivity contribution in [1.82, 2.24) is 15.2 Å². The maximum Gasteiger partial charge on any atom is 0.314 e. The molecule has 1 heterocycles. The topological polar surface area (TPSA) is 130 Å². The molecule has 0 spiro atoms. The fourth-order valence-electron chi connectivity index (χ4n) is 6.84. The van der Waals surface area contributed by atoms with Crippen molar-refractivity contribution in [3.8, 4) is 17.2 Å². The predicted octanol–water partition coefficient (Wildman–Crippen LogP) is 8.94. The number of hydrogen-bond acceptors (Lipinski definition) is 8. The Morgan fingerprint density at radius 3 is 2.51 bits per heavy atom. The van der Waals surface area contributed by atoms with E-state index in [1.165, 1.54) is 12.5 Å². The summed E-state index contributed by atoms with van der Waals surface area (Å²) in [7, 11) is 1.05. The number of fused-ring (bicyclic) bond motifs is 1. The average molecular weight is 790 g/mol. The summed E-state index contributed by atoms with van der Waals surface area (Å²) in [4.78, 5) is 42.8. The summed E-state index contributed by atoms with van der Waals surface area (Å²) in [6.07, 6.45) is 6.15. The lowest BCUT2D eigenvalue weighted by molar-refractivity contribution is -0.140. The number of ether oxygens (including phenoxy) is 2. The maximum absolute atomic E-state index is 13.6. The molecule has 1 atom stereocenters. The molecule has 55 heavy (non-hydrogen) atoms. The molecule has 3 N–H and O–H groups in total. The summed E-state index contributed by atoms with van der Waals surface area (Å²) in [5.74, 6) is 0.726. The molecule has 1 aliphatic carbocycles. The van der Waals surface area contributed by atoms with Gasteiger partial charge in [-0.3, -0.25) is 14.4 Å². The summed E-state index contributed by atoms with van der Waals surface area (Å²) in [6.45, 7) is 12.2. The number of carbonyl (C=O) groups is 2. The maximum atomic E-state index is 13.6. The molecule has 1 fully saturated rings. The Kier molecular flexibility index (Phi) is 13.9. The number of rotatable bonds is 15. The number of methoxy groups -OCH3 is 1. The fraction of sp³-hybridized carbons (Fsp3) is 0.465. The Labute approximate surface area is 330 Å². The van der Waals surface area contributed by atoms with Crippen molar-refractivity contribution in [2.24, 2.45) is 5.92 Å². The molecule has 10 nitrogen and oxygen atoms in total. The molecule has 0 radical (unpaired) electrons. The Morgan fingerprint density at radius 1 is 1.05 bits per heavy atom. The normalized spacial score (nSPS) is 14.5. The molecule has 296 valence electrons. The van der Waals surface area contributed by atoms with E-state index in [1.807, 2.05) is 30.3 Å². The quantitative estimate of drug-likeness (QED) is 0.0619. The lowest BCUT2D eigenvalue weighted by Gasteiger charge is -2.39. The highest BCUT2D eigenvalue weighted by molar-refractivity contribution is 6.74. The van der Waals surface area contributed by atoms with Crippen LogP contribution in [-0.2, 0) is 22.2 Å². The number of pyridine rings is 1. The van der Waals surface area contributed by atoms with Gasteiger partial charge >= 0.3 is 5.97 Å². The zero-order chi connectivity index (χ0) is 39.9. The van der Waals surface area contributed by atoms with Crippen molar-refractivity contribution < 1.29 is 28.6 Å². The van der Waals surface area contributed by atoms with E-state index in [9.17, 15) is 19.5 Å². The molecule has 1 aliphatic rings. The van der Waals surface area contributed by atoms with Gasteiger partial charge in [-0.15, -0.1) is 0 Å². The molecule has 3 aromatic carbocycles. The van der Waals surface area contributed by atoms with Crippen LogP contribution in [0.5, 0.6) is 17.2 Å². The number of aromatic hydroxyl groups is 1. The van der Waals surface area contributed by atoms with Gasteiger partial charge in [0.05, 0.1) is 35.2 Å². The molecule has 1 amide bonds. The van der Waals surface area contributed by atoms with Gasteiger partial charge in [0, 0.05) is 43.7 Å². The van der Waals surface area contributed by atoms with Gasteiger partial charge in [0.1, 0.15) is 17.2 Å². The van der Waals surface area contributed by atoms with Crippen LogP contribution in [0.3, 0.4) is 0 Å². The number of H-pyrrole nitrogens is 1. The minimum Gasteiger partial charge on any atom is -0.506 e. The monoisotopic (exact) mass is 789 g/mol. The van der Waals surface area contributed by atoms with Gasteiger partial charge in [0.15, 0.2) is 8.32 Å². The first-order chi connectivity index (χ1) is 26.1. The number of amides is 1. The number of carbonyl (C=O) groups excluding carboxylic acids is 2. The van der Waals surface area contributed by atoms with E-state index in [0.717, 1.165) is 42.4 Å². The molecule has 1 saturated carbocycles. The first kappa shape index (κ1) is 42.0. The minimum atomic E-state index is -2.27. The molecular weight excluding hydrogens is 734 g/mol. The summed E-state index contributed by atoms with van der Waals surface area (Å²) in [5, 5.41) is 15.0. The smallest absolute Gasteiger partial charge is 0.314 e. The van der Waals surface area contributed by atoms with Crippen LogP contribution in [0.25, 0.3) is 10.9 Å². The van der Waals surface area contributed by atoms with E-state index in [1.54, 1.807) is 43.3 Å². The van der Waals surface area contributed by atoms with Crippen LogP contribution in [0.15, 0.2) is 65.5 Å². The number of halogens is 1. The Hall–Kier alpha value is -4.16. The number of hydrogen-bond donors (Lipinski definition) is 3. The highest BCUT2D eigenvalue weighted by atomic mass is 35.5. The zero-order valence-electron chi connectivity index (χ0n) is 33.2. The lowest BCUT2D eigenvalue weighted by atomic mass is 9.89. The number of nitrogens with one attached hydrogen (secondary N) is 2. The molecule has 4 aromatic rings. The first-order valence-electron chi connectivity index (χ1n) is 19.2. The molecule has 0 aliphatic heterocycles. The van der Waals surface area contributed by atoms with E-state index >= 15 is 0 Å². The number of aryl methyl sites for hydroxylation is 1. The second-order valence-electron chi connectivity index (χ2n) is 16.2. The molecule has 5 rings (SSSR count). The zero-order valence-corrected chi connectivity index (χ0v) is 35.0. The standard InChI is InChI=1S/C43H56ClN3O7Si/c1-43(2,3)55(6,7)54-38(32-18-20-36(48)40-33(32)19-21-39(49)46-40)27-45-26-30-24-35(44)34(25-37(30)52-5)41(50)47(4)22-12-14-28-13-11-17-31(23-28)53-42(51)29-15-9-8-10-16-29/h11,13,17-21,23-25,29,38,45,48H,8-10,12,14-16,22,26-27H2,1-7H3,(H,46,49)/t38-/m0/s1. The number of nitrogens with zero attached hydrogens (tertiary/aromatic N) is 1. The van der Waals surface area contributed by atoms with Gasteiger partial charge < -0.3 is 34.2 Å². The van der Waals surface area contributed by atoms with Gasteiger partial charge in [0.2, 0.25) is 5.56 Å². The van der Waals surface area contributed by atoms with Crippen LogP contribution < -0.4 is 20.3 Å². The predicted molar refractivity (Wildman–Crippen MR) is 221 cm³/mol. The Balaban J connectivity index is 1.23. The van der Waals surface area contributed by atoms with Crippen LogP contribution in [0.1, 0.15) is 92.4 Å². The van der Waals surface area contributed by atoms with Crippen molar-refractivity contribution in [3.63, 3.8) is 0 Å². The average Bonchev–Trinajstić information content (AvgIpc) is 3.14. The van der Waals surface area contributed by atoms with Crippen LogP contribution in [0.4, 0.5) is 0 Å². The van der Waals surface area contributed by atoms with Crippen molar-refractivity contribution in [1.29, 1.82) is 0 Å². The SMILES string of the molecule is COc1cc(C(=O)N(C)CCCc2cccc(OC(=O)C3CCCCC3)c2)c(Cl)cc1CNC[C@H](O[Si](C)(C)C(C)(C)C)c1ccc(O)c2[nH]c(=O)ccc12. The fourth-order valence-corrected chi connectivity index (χ4v) is 8.38. The Bertz CT molecular complexity index is 2040. The van der Waals surface area contributed by atoms with E-state index in [-0.39, 0.29) is 34.1 Å². The number of benzene rings is 3. The molecule has 0 unspecified atom stereocenters. The van der Waals surface area contributed by atoms with Gasteiger partial charge in [0.25, 0.3) is 5.91 Å². The summed E-state index contributed by atoms with van der Waals surface area (Å²) < 4.78 is 18.4. The van der Waals surface area contributed by atoms with Crippen molar-refractivity contribution in [2.45, 2.75) is 96.5 Å². The van der Waals surface area contributed by atoms with Crippen molar-refractivity contribution >= 4 is 42.7 Å². The summed E-state index contributed by atoms with van der Waals surface area (Å²) >= 11 is 6.77. The lowest BCUT2D eigenvalue weighted by Crippen LogP contribution is -2.43. The number of aromatic nitrogens is 1. The molecule has 12 heteroatoms. The third-order valence-corrected chi connectivity index (χ3v) is 15.9. The van der Waals surface area contributed by atoms with E-state index < -0.39 is 14.4 Å². The van der Waals surface area contributed by atoms with Crippen LogP contribution in [0.2, 0.25) is 23.2 Å². The van der Waals surface area contributed by atoms with E-state index in [4.69, 9.17) is 25.5 Å². The molecule has 0 bridgehead atoms. The van der Waals surface area contributed by atoms with Crippen LogP contribution in [0, 0.1) is 5.92 Å². The molecule has 1 aromatic heterocycles. The third kappa shape index (κ3) is 10.6. The van der Waals surface area contributed by atoms with Gasteiger partial charge in [-0.25, -0.2) is 0 Å². The van der Waals surface area contributed by atoms with Gasteiger partial charge in [-0.2, -0.15) is 0 Å². The Morgan fingerprint density at radius 2 is 1.80 bits per heavy atom. The third-order valence-electron chi connectivity index (χ3n) is 11.1. The molecule has 0 saturated heterocycles. The highest BCUT2D eigenvalue weighted by Gasteiger charge is 2.40. The minimum absolute atomic E-state index is 0.00555. The molecular formula is C43H56ClN3O7Si. The highest BCUT2D eigenvalue weighted by Crippen LogP contribution is 2.41. The van der Waals surface area contributed by atoms with Gasteiger partial charge in [-0.1, -0.05) is 69.8 Å². The number of phenols is 1. The second kappa shape index (κ2) is 18.2.